The van der Waals surface area contributed by atoms with Crippen molar-refractivity contribution in [1.82, 2.24) is 30.0 Å². The van der Waals surface area contributed by atoms with Crippen molar-refractivity contribution < 1.29 is 14.0 Å². The molecule has 0 radical (unpaired) electrons. The zero-order valence-electron chi connectivity index (χ0n) is 16.2. The maximum atomic E-state index is 13.6. The highest BCUT2D eigenvalue weighted by Crippen LogP contribution is 2.21. The molecular formula is C20H21FN6O2. The highest BCUT2D eigenvalue weighted by Gasteiger charge is 2.22. The van der Waals surface area contributed by atoms with E-state index in [1.54, 1.807) is 17.9 Å². The second kappa shape index (κ2) is 7.57. The average molecular weight is 396 g/mol. The van der Waals surface area contributed by atoms with Crippen molar-refractivity contribution in [3.05, 3.63) is 47.7 Å². The van der Waals surface area contributed by atoms with Gasteiger partial charge in [0.15, 0.2) is 0 Å². The molecule has 1 aromatic carbocycles. The number of carbonyl (C=O) groups excluding carboxylic acids is 2. The molecule has 3 heterocycles. The third kappa shape index (κ3) is 3.80. The smallest absolute Gasteiger partial charge is 0.254 e. The van der Waals surface area contributed by atoms with Crippen LogP contribution in [0.4, 0.5) is 4.39 Å². The molecule has 4 rings (SSSR count). The highest BCUT2D eigenvalue weighted by atomic mass is 19.1. The number of fused-ring (bicyclic) bond motifs is 1. The third-order valence-corrected chi connectivity index (χ3v) is 5.19. The number of benzene rings is 1. The van der Waals surface area contributed by atoms with Gasteiger partial charge in [0, 0.05) is 49.9 Å². The van der Waals surface area contributed by atoms with Crippen LogP contribution in [0.15, 0.2) is 30.6 Å². The topological polar surface area (TPSA) is 93.0 Å². The largest absolute Gasteiger partial charge is 0.349 e. The quantitative estimate of drug-likeness (QED) is 0.731. The summed E-state index contributed by atoms with van der Waals surface area (Å²) in [6.45, 7) is 4.66. The van der Waals surface area contributed by atoms with Crippen LogP contribution in [0.1, 0.15) is 35.8 Å². The maximum Gasteiger partial charge on any atom is 0.254 e. The number of nitrogens with one attached hydrogen (secondary N) is 1. The lowest BCUT2D eigenvalue weighted by Crippen LogP contribution is -2.46. The van der Waals surface area contributed by atoms with Crippen LogP contribution in [0.5, 0.6) is 0 Å². The van der Waals surface area contributed by atoms with Crippen LogP contribution in [-0.4, -0.2) is 55.6 Å². The van der Waals surface area contributed by atoms with E-state index < -0.39 is 0 Å². The summed E-state index contributed by atoms with van der Waals surface area (Å²) in [5, 5.41) is 8.16. The Hall–Kier alpha value is -3.36. The van der Waals surface area contributed by atoms with Crippen molar-refractivity contribution in [3.8, 4) is 5.95 Å². The summed E-state index contributed by atoms with van der Waals surface area (Å²) in [6, 6.07) is 4.45. The first-order chi connectivity index (χ1) is 13.9. The Bertz CT molecular complexity index is 1070. The van der Waals surface area contributed by atoms with Crippen LogP contribution < -0.4 is 5.32 Å². The molecule has 1 N–H and O–H groups in total. The molecule has 0 spiro atoms. The van der Waals surface area contributed by atoms with Crippen LogP contribution >= 0.6 is 0 Å². The normalized spacial score (nSPS) is 14.9. The number of rotatable bonds is 3. The summed E-state index contributed by atoms with van der Waals surface area (Å²) in [5.74, 6) is -0.309. The molecule has 2 amide bonds. The van der Waals surface area contributed by atoms with Crippen LogP contribution in [0, 0.1) is 12.7 Å². The Balaban J connectivity index is 1.48. The van der Waals surface area contributed by atoms with Crippen molar-refractivity contribution in [2.24, 2.45) is 0 Å². The van der Waals surface area contributed by atoms with Crippen LogP contribution in [0.3, 0.4) is 0 Å². The standard InChI is InChI=1S/C20H21FN6O2/c1-12-17-4-3-15(21)9-18(17)27(25-12)20-22-10-14(11-23-20)19(29)24-16-5-7-26(8-6-16)13(2)28/h3-4,9-11,16H,5-8H2,1-2H3,(H,24,29). The molecule has 8 nitrogen and oxygen atoms in total. The van der Waals surface area contributed by atoms with Gasteiger partial charge < -0.3 is 10.2 Å². The number of aromatic nitrogens is 4. The number of likely N-dealkylation sites (tertiary alicyclic amines) is 1. The lowest BCUT2D eigenvalue weighted by Gasteiger charge is -2.31. The Morgan fingerprint density at radius 1 is 1.17 bits per heavy atom. The Morgan fingerprint density at radius 3 is 2.52 bits per heavy atom. The Kier molecular flexibility index (Phi) is 4.96. The van der Waals surface area contributed by atoms with Gasteiger partial charge in [-0.1, -0.05) is 0 Å². The second-order valence-electron chi connectivity index (χ2n) is 7.18. The van der Waals surface area contributed by atoms with Crippen molar-refractivity contribution >= 4 is 22.7 Å². The molecular weight excluding hydrogens is 375 g/mol. The van der Waals surface area contributed by atoms with E-state index in [4.69, 9.17) is 0 Å². The molecule has 1 aliphatic rings. The fourth-order valence-electron chi connectivity index (χ4n) is 3.55. The van der Waals surface area contributed by atoms with E-state index in [1.807, 2.05) is 6.92 Å². The van der Waals surface area contributed by atoms with Crippen molar-refractivity contribution in [3.63, 3.8) is 0 Å². The van der Waals surface area contributed by atoms with Gasteiger partial charge >= 0.3 is 0 Å². The van der Waals surface area contributed by atoms with Gasteiger partial charge in [-0.3, -0.25) is 9.59 Å². The molecule has 150 valence electrons. The number of hydrogen-bond donors (Lipinski definition) is 1. The number of aryl methyl sites for hydroxylation is 1. The van der Waals surface area contributed by atoms with Crippen molar-refractivity contribution in [2.45, 2.75) is 32.7 Å². The van der Waals surface area contributed by atoms with Crippen LogP contribution in [0.2, 0.25) is 0 Å². The lowest BCUT2D eigenvalue weighted by atomic mass is 10.0. The first-order valence-electron chi connectivity index (χ1n) is 9.46. The summed E-state index contributed by atoms with van der Waals surface area (Å²) < 4.78 is 15.1. The molecule has 0 unspecified atom stereocenters. The van der Waals surface area contributed by atoms with Crippen LogP contribution in [-0.2, 0) is 4.79 Å². The molecule has 1 saturated heterocycles. The number of hydrogen-bond acceptors (Lipinski definition) is 5. The van der Waals surface area contributed by atoms with Gasteiger partial charge in [-0.05, 0) is 31.9 Å². The van der Waals surface area contributed by atoms with Gasteiger partial charge in [0.2, 0.25) is 5.91 Å². The van der Waals surface area contributed by atoms with E-state index >= 15 is 0 Å². The SMILES string of the molecule is CC(=O)N1CCC(NC(=O)c2cnc(-n3nc(C)c4ccc(F)cc43)nc2)CC1. The minimum Gasteiger partial charge on any atom is -0.349 e. The number of piperidine rings is 1. The summed E-state index contributed by atoms with van der Waals surface area (Å²) in [5.41, 5.74) is 1.64. The van der Waals surface area contributed by atoms with Gasteiger partial charge in [-0.25, -0.2) is 14.4 Å². The average Bonchev–Trinajstić information content (AvgIpc) is 3.04. The van der Waals surface area contributed by atoms with Gasteiger partial charge in [0.25, 0.3) is 11.9 Å². The van der Waals surface area contributed by atoms with Crippen molar-refractivity contribution in [2.75, 3.05) is 13.1 Å². The summed E-state index contributed by atoms with van der Waals surface area (Å²) in [4.78, 5) is 34.2. The fourth-order valence-corrected chi connectivity index (χ4v) is 3.55. The first kappa shape index (κ1) is 19.0. The molecule has 1 fully saturated rings. The van der Waals surface area contributed by atoms with Gasteiger partial charge in [0.1, 0.15) is 5.82 Å². The number of amides is 2. The molecule has 3 aromatic rings. The number of halogens is 1. The predicted molar refractivity (Wildman–Crippen MR) is 104 cm³/mol. The predicted octanol–water partition coefficient (Wildman–Crippen LogP) is 2.00. The molecule has 2 aromatic heterocycles. The highest BCUT2D eigenvalue weighted by molar-refractivity contribution is 5.93. The summed E-state index contributed by atoms with van der Waals surface area (Å²) >= 11 is 0. The molecule has 9 heteroatoms. The van der Waals surface area contributed by atoms with E-state index in [0.717, 1.165) is 11.1 Å². The van der Waals surface area contributed by atoms with E-state index in [1.165, 1.54) is 29.2 Å². The number of carbonyl (C=O) groups is 2. The minimum atomic E-state index is -0.370. The monoisotopic (exact) mass is 396 g/mol. The van der Waals surface area contributed by atoms with E-state index in [-0.39, 0.29) is 29.6 Å². The lowest BCUT2D eigenvalue weighted by molar-refractivity contribution is -0.129. The maximum absolute atomic E-state index is 13.6. The first-order valence-corrected chi connectivity index (χ1v) is 9.46. The molecule has 0 bridgehead atoms. The third-order valence-electron chi connectivity index (χ3n) is 5.19. The molecule has 1 aliphatic heterocycles. The van der Waals surface area contributed by atoms with Gasteiger partial charge in [-0.15, -0.1) is 0 Å². The van der Waals surface area contributed by atoms with E-state index in [2.05, 4.69) is 20.4 Å². The van der Waals surface area contributed by atoms with Crippen molar-refractivity contribution in [1.29, 1.82) is 0 Å². The molecule has 0 atom stereocenters. The summed E-state index contributed by atoms with van der Waals surface area (Å²) in [6.07, 6.45) is 4.30. The zero-order valence-corrected chi connectivity index (χ0v) is 16.2. The Morgan fingerprint density at radius 2 is 1.86 bits per heavy atom. The van der Waals surface area contributed by atoms with Crippen LogP contribution in [0.25, 0.3) is 16.9 Å². The van der Waals surface area contributed by atoms with E-state index in [9.17, 15) is 14.0 Å². The Labute approximate surface area is 166 Å². The fraction of sp³-hybridized carbons (Fsp3) is 0.350. The second-order valence-corrected chi connectivity index (χ2v) is 7.18. The summed E-state index contributed by atoms with van der Waals surface area (Å²) in [7, 11) is 0. The van der Waals surface area contributed by atoms with Gasteiger partial charge in [0.05, 0.1) is 16.8 Å². The molecule has 29 heavy (non-hydrogen) atoms. The minimum absolute atomic E-state index is 0.0125. The molecule has 0 aliphatic carbocycles. The van der Waals surface area contributed by atoms with E-state index in [0.29, 0.717) is 37.0 Å². The molecule has 0 saturated carbocycles. The number of nitrogens with zero attached hydrogens (tertiary/aromatic N) is 5. The zero-order chi connectivity index (χ0) is 20.5. The van der Waals surface area contributed by atoms with Gasteiger partial charge in [-0.2, -0.15) is 9.78 Å².